The Balaban J connectivity index is 2.01. The number of nitrogens with zero attached hydrogens (tertiary/aromatic N) is 1. The van der Waals surface area contributed by atoms with Crippen molar-refractivity contribution < 1.29 is 23.9 Å². The first kappa shape index (κ1) is 30.7. The number of nitrogens with one attached hydrogen (secondary N) is 2. The van der Waals surface area contributed by atoms with Gasteiger partial charge in [0.1, 0.15) is 17.7 Å². The first-order valence-electron chi connectivity index (χ1n) is 13.8. The molecule has 1 saturated carbocycles. The zero-order valence-electron chi connectivity index (χ0n) is 24.2. The average Bonchev–Trinajstić information content (AvgIpc) is 2.85. The molecule has 4 N–H and O–H groups in total. The molecule has 9 nitrogen and oxygen atoms in total. The highest BCUT2D eigenvalue weighted by molar-refractivity contribution is 5.93. The van der Waals surface area contributed by atoms with E-state index in [0.29, 0.717) is 6.54 Å². The molecule has 2 unspecified atom stereocenters. The molecule has 40 heavy (non-hydrogen) atoms. The molecule has 216 valence electrons. The van der Waals surface area contributed by atoms with Gasteiger partial charge in [0.15, 0.2) is 0 Å². The molecule has 0 saturated heterocycles. The van der Waals surface area contributed by atoms with Crippen LogP contribution < -0.4 is 16.4 Å². The Labute approximate surface area is 236 Å². The number of alkyl carbamates (subject to hydrolysis) is 1. The van der Waals surface area contributed by atoms with Gasteiger partial charge in [-0.3, -0.25) is 14.4 Å². The van der Waals surface area contributed by atoms with Crippen LogP contribution in [0, 0.1) is 13.8 Å². The predicted octanol–water partition coefficient (Wildman–Crippen LogP) is 4.20. The Morgan fingerprint density at radius 2 is 1.70 bits per heavy atom. The Morgan fingerprint density at radius 1 is 1.02 bits per heavy atom. The first-order chi connectivity index (χ1) is 18.9. The van der Waals surface area contributed by atoms with Crippen molar-refractivity contribution in [1.29, 1.82) is 0 Å². The van der Waals surface area contributed by atoms with Gasteiger partial charge in [-0.1, -0.05) is 48.5 Å². The van der Waals surface area contributed by atoms with Gasteiger partial charge in [-0.25, -0.2) is 4.79 Å². The quantitative estimate of drug-likeness (QED) is 0.386. The minimum absolute atomic E-state index is 0.0121. The number of nitrogens with two attached hydrogens (primary N) is 1. The number of hydrogen-bond acceptors (Lipinski definition) is 5. The van der Waals surface area contributed by atoms with Crippen LogP contribution >= 0.6 is 0 Å². The van der Waals surface area contributed by atoms with Crippen molar-refractivity contribution in [2.24, 2.45) is 5.73 Å². The van der Waals surface area contributed by atoms with Crippen molar-refractivity contribution in [3.05, 3.63) is 70.8 Å². The number of aryl methyl sites for hydroxylation is 1. The second-order valence-electron chi connectivity index (χ2n) is 11.4. The molecule has 0 bridgehead atoms. The van der Waals surface area contributed by atoms with Gasteiger partial charge in [0.2, 0.25) is 17.7 Å². The molecule has 0 aliphatic heterocycles. The number of primary amides is 1. The van der Waals surface area contributed by atoms with Crippen LogP contribution in [-0.4, -0.2) is 46.4 Å². The molecule has 2 aromatic rings. The SMILES string of the molecule is Cc1cccc(C(C(=O)NCc2ccccc2)N(C(=O)C(CCC(N)=O)NC(=O)OC(C)(C)C)C2CCC2)c1C. The predicted molar refractivity (Wildman–Crippen MR) is 153 cm³/mol. The molecule has 4 amide bonds. The molecule has 2 atom stereocenters. The summed E-state index contributed by atoms with van der Waals surface area (Å²) in [5.41, 5.74) is 8.18. The summed E-state index contributed by atoms with van der Waals surface area (Å²) in [6, 6.07) is 13.0. The fourth-order valence-electron chi connectivity index (χ4n) is 4.73. The zero-order valence-corrected chi connectivity index (χ0v) is 24.2. The van der Waals surface area contributed by atoms with E-state index in [2.05, 4.69) is 10.6 Å². The van der Waals surface area contributed by atoms with E-state index in [9.17, 15) is 19.2 Å². The van der Waals surface area contributed by atoms with Crippen LogP contribution in [0.2, 0.25) is 0 Å². The Kier molecular flexibility index (Phi) is 10.3. The highest BCUT2D eigenvalue weighted by Crippen LogP contribution is 2.35. The van der Waals surface area contributed by atoms with E-state index in [0.717, 1.165) is 41.5 Å². The normalized spacial score (nSPS) is 14.8. The lowest BCUT2D eigenvalue weighted by molar-refractivity contribution is -0.147. The van der Waals surface area contributed by atoms with Gasteiger partial charge in [-0.05, 0) is 82.6 Å². The number of hydrogen-bond donors (Lipinski definition) is 3. The molecule has 0 spiro atoms. The molecule has 1 aliphatic carbocycles. The van der Waals surface area contributed by atoms with E-state index in [1.54, 1.807) is 25.7 Å². The molecule has 2 aromatic carbocycles. The highest BCUT2D eigenvalue weighted by Gasteiger charge is 2.42. The second-order valence-corrected chi connectivity index (χ2v) is 11.4. The van der Waals surface area contributed by atoms with Crippen LogP contribution in [0.15, 0.2) is 48.5 Å². The Morgan fingerprint density at radius 3 is 2.27 bits per heavy atom. The summed E-state index contributed by atoms with van der Waals surface area (Å²) in [4.78, 5) is 54.3. The van der Waals surface area contributed by atoms with Gasteiger partial charge < -0.3 is 26.0 Å². The fraction of sp³-hybridized carbons (Fsp3) is 0.484. The Bertz CT molecular complexity index is 1200. The summed E-state index contributed by atoms with van der Waals surface area (Å²) in [6.45, 7) is 9.38. The van der Waals surface area contributed by atoms with Crippen LogP contribution in [0.1, 0.15) is 81.2 Å². The lowest BCUT2D eigenvalue weighted by atomic mass is 9.86. The van der Waals surface area contributed by atoms with Gasteiger partial charge in [0.25, 0.3) is 0 Å². The molecule has 0 heterocycles. The van der Waals surface area contributed by atoms with Gasteiger partial charge in [-0.15, -0.1) is 0 Å². The highest BCUT2D eigenvalue weighted by atomic mass is 16.6. The molecule has 1 aliphatic rings. The van der Waals surface area contributed by atoms with Crippen LogP contribution in [0.5, 0.6) is 0 Å². The maximum absolute atomic E-state index is 14.3. The average molecular weight is 551 g/mol. The fourth-order valence-corrected chi connectivity index (χ4v) is 4.73. The third-order valence-corrected chi connectivity index (χ3v) is 7.17. The van der Waals surface area contributed by atoms with Crippen LogP contribution in [0.3, 0.4) is 0 Å². The maximum atomic E-state index is 14.3. The van der Waals surface area contributed by atoms with E-state index in [1.807, 2.05) is 62.4 Å². The first-order valence-corrected chi connectivity index (χ1v) is 13.8. The van der Waals surface area contributed by atoms with Crippen molar-refractivity contribution in [2.45, 2.75) is 97.0 Å². The smallest absolute Gasteiger partial charge is 0.408 e. The molecule has 0 radical (unpaired) electrons. The molecule has 9 heteroatoms. The largest absolute Gasteiger partial charge is 0.444 e. The van der Waals surface area contributed by atoms with Crippen molar-refractivity contribution in [1.82, 2.24) is 15.5 Å². The lowest BCUT2D eigenvalue weighted by Gasteiger charge is -2.44. The monoisotopic (exact) mass is 550 g/mol. The van der Waals surface area contributed by atoms with Gasteiger partial charge >= 0.3 is 6.09 Å². The van der Waals surface area contributed by atoms with Crippen LogP contribution in [0.25, 0.3) is 0 Å². The van der Waals surface area contributed by atoms with E-state index in [4.69, 9.17) is 10.5 Å². The molecule has 1 fully saturated rings. The van der Waals surface area contributed by atoms with Crippen LogP contribution in [-0.2, 0) is 25.7 Å². The van der Waals surface area contributed by atoms with Gasteiger partial charge in [0.05, 0.1) is 0 Å². The van der Waals surface area contributed by atoms with Crippen molar-refractivity contribution in [2.75, 3.05) is 0 Å². The second kappa shape index (κ2) is 13.5. The number of carbonyl (C=O) groups excluding carboxylic acids is 4. The molecule has 0 aromatic heterocycles. The van der Waals surface area contributed by atoms with E-state index < -0.39 is 35.6 Å². The number of carbonyl (C=O) groups is 4. The minimum Gasteiger partial charge on any atom is -0.444 e. The van der Waals surface area contributed by atoms with Crippen molar-refractivity contribution in [3.8, 4) is 0 Å². The lowest BCUT2D eigenvalue weighted by Crippen LogP contribution is -2.57. The van der Waals surface area contributed by atoms with E-state index >= 15 is 0 Å². The van der Waals surface area contributed by atoms with E-state index in [1.165, 1.54) is 0 Å². The summed E-state index contributed by atoms with van der Waals surface area (Å²) in [5.74, 6) is -1.35. The van der Waals surface area contributed by atoms with Crippen molar-refractivity contribution in [3.63, 3.8) is 0 Å². The number of ether oxygens (including phenoxy) is 1. The molecular weight excluding hydrogens is 508 g/mol. The standard InChI is InChI=1S/C31H42N4O5/c1-20-11-9-16-24(21(20)2)27(28(37)33-19-22-12-7-6-8-13-22)35(23-14-10-15-23)29(38)25(17-18-26(32)36)34-30(39)40-31(3,4)5/h6-9,11-13,16,23,25,27H,10,14-15,17-19H2,1-5H3,(H2,32,36)(H,33,37)(H,34,39). The third kappa shape index (κ3) is 8.31. The van der Waals surface area contributed by atoms with Crippen molar-refractivity contribution >= 4 is 23.8 Å². The summed E-state index contributed by atoms with van der Waals surface area (Å²) in [6.07, 6.45) is 1.48. The van der Waals surface area contributed by atoms with Crippen LogP contribution in [0.4, 0.5) is 4.79 Å². The minimum atomic E-state index is -1.10. The van der Waals surface area contributed by atoms with E-state index in [-0.39, 0.29) is 24.8 Å². The summed E-state index contributed by atoms with van der Waals surface area (Å²) >= 11 is 0. The summed E-state index contributed by atoms with van der Waals surface area (Å²) in [7, 11) is 0. The number of benzene rings is 2. The number of rotatable bonds is 11. The topological polar surface area (TPSA) is 131 Å². The van der Waals surface area contributed by atoms with Gasteiger partial charge in [0, 0.05) is 19.0 Å². The third-order valence-electron chi connectivity index (χ3n) is 7.17. The van der Waals surface area contributed by atoms with Gasteiger partial charge in [-0.2, -0.15) is 0 Å². The zero-order chi connectivity index (χ0) is 29.4. The Hall–Kier alpha value is -3.88. The maximum Gasteiger partial charge on any atom is 0.408 e. The molecule has 3 rings (SSSR count). The molecular formula is C31H42N4O5. The number of amides is 4. The summed E-state index contributed by atoms with van der Waals surface area (Å²) in [5, 5.41) is 5.67. The summed E-state index contributed by atoms with van der Waals surface area (Å²) < 4.78 is 5.40.